The Balaban J connectivity index is 1.85. The van der Waals surface area contributed by atoms with Gasteiger partial charge in [0.2, 0.25) is 5.91 Å². The molecule has 3 fully saturated rings. The highest BCUT2D eigenvalue weighted by molar-refractivity contribution is 5.90. The Hall–Kier alpha value is -0.650. The van der Waals surface area contributed by atoms with Crippen molar-refractivity contribution in [3.8, 4) is 0 Å². The molecular formula is C15H26N2O3. The lowest BCUT2D eigenvalue weighted by molar-refractivity contribution is -0.232. The molecule has 0 radical (unpaired) electrons. The number of amides is 1. The van der Waals surface area contributed by atoms with Gasteiger partial charge in [0.05, 0.1) is 25.4 Å². The van der Waals surface area contributed by atoms with Gasteiger partial charge in [-0.05, 0) is 19.8 Å². The lowest BCUT2D eigenvalue weighted by Crippen LogP contribution is -2.83. The molecule has 1 amide bonds. The second-order valence-corrected chi connectivity index (χ2v) is 7.05. The largest absolute Gasteiger partial charge is 0.377 e. The fourth-order valence-corrected chi connectivity index (χ4v) is 4.28. The number of hydrogen-bond acceptors (Lipinski definition) is 4. The van der Waals surface area contributed by atoms with Gasteiger partial charge in [-0.1, -0.05) is 13.8 Å². The van der Waals surface area contributed by atoms with E-state index in [4.69, 9.17) is 15.2 Å². The Morgan fingerprint density at radius 2 is 2.10 bits per heavy atom. The Morgan fingerprint density at radius 1 is 1.35 bits per heavy atom. The summed E-state index contributed by atoms with van der Waals surface area (Å²) >= 11 is 0. The number of hydrogen-bond donors (Lipinski definition) is 1. The molecular weight excluding hydrogens is 256 g/mol. The SMILES string of the molecule is C[C@@H]1COCCN1C(=O)C1(N)C2CCCOC2C1(C)C. The number of morpholine rings is 1. The normalized spacial score (nSPS) is 43.6. The van der Waals surface area contributed by atoms with Crippen molar-refractivity contribution in [2.75, 3.05) is 26.4 Å². The van der Waals surface area contributed by atoms with Crippen LogP contribution in [-0.2, 0) is 14.3 Å². The third kappa shape index (κ3) is 1.69. The van der Waals surface area contributed by atoms with E-state index in [-0.39, 0.29) is 29.4 Å². The van der Waals surface area contributed by atoms with Gasteiger partial charge >= 0.3 is 0 Å². The number of rotatable bonds is 1. The van der Waals surface area contributed by atoms with Crippen molar-refractivity contribution in [2.24, 2.45) is 17.1 Å². The standard InChI is InChI=1S/C15H26N2O3/c1-10-9-19-8-6-17(10)13(18)15(16)11-5-4-7-20-12(11)14(15,2)3/h10-12H,4-9,16H2,1-3H3/t10-,11?,12?,15?/m1/s1. The molecule has 5 heteroatoms. The number of fused-ring (bicyclic) bond motifs is 1. The molecule has 0 aromatic rings. The third-order valence-corrected chi connectivity index (χ3v) is 5.67. The molecule has 0 aromatic heterocycles. The van der Waals surface area contributed by atoms with Crippen LogP contribution in [0, 0.1) is 11.3 Å². The van der Waals surface area contributed by atoms with Crippen LogP contribution in [0.15, 0.2) is 0 Å². The molecule has 1 aliphatic carbocycles. The average Bonchev–Trinajstić information content (AvgIpc) is 2.46. The molecule has 0 spiro atoms. The van der Waals surface area contributed by atoms with Gasteiger partial charge in [-0.15, -0.1) is 0 Å². The lowest BCUT2D eigenvalue weighted by atomic mass is 9.46. The van der Waals surface area contributed by atoms with Gasteiger partial charge in [-0.25, -0.2) is 0 Å². The maximum Gasteiger partial charge on any atom is 0.244 e. The van der Waals surface area contributed by atoms with Crippen LogP contribution in [0.2, 0.25) is 0 Å². The molecule has 114 valence electrons. The van der Waals surface area contributed by atoms with Crippen molar-refractivity contribution in [1.82, 2.24) is 4.90 Å². The summed E-state index contributed by atoms with van der Waals surface area (Å²) in [6, 6.07) is 0.107. The monoisotopic (exact) mass is 282 g/mol. The quantitative estimate of drug-likeness (QED) is 0.771. The minimum atomic E-state index is -0.788. The Kier molecular flexibility index (Phi) is 3.35. The van der Waals surface area contributed by atoms with Crippen molar-refractivity contribution in [3.05, 3.63) is 0 Å². The van der Waals surface area contributed by atoms with Gasteiger partial charge in [0.1, 0.15) is 5.54 Å². The third-order valence-electron chi connectivity index (χ3n) is 5.67. The molecule has 2 N–H and O–H groups in total. The number of nitrogens with zero attached hydrogens (tertiary/aromatic N) is 1. The van der Waals surface area contributed by atoms with Gasteiger partial charge in [-0.2, -0.15) is 0 Å². The van der Waals surface area contributed by atoms with Crippen molar-refractivity contribution in [3.63, 3.8) is 0 Å². The van der Waals surface area contributed by atoms with Gasteiger partial charge in [0.15, 0.2) is 0 Å². The summed E-state index contributed by atoms with van der Waals surface area (Å²) in [4.78, 5) is 15.0. The van der Waals surface area contributed by atoms with Crippen molar-refractivity contribution >= 4 is 5.91 Å². The van der Waals surface area contributed by atoms with Gasteiger partial charge < -0.3 is 20.1 Å². The summed E-state index contributed by atoms with van der Waals surface area (Å²) < 4.78 is 11.3. The van der Waals surface area contributed by atoms with E-state index >= 15 is 0 Å². The first-order valence-electron chi connectivity index (χ1n) is 7.70. The zero-order valence-electron chi connectivity index (χ0n) is 12.7. The maximum absolute atomic E-state index is 13.1. The van der Waals surface area contributed by atoms with Crippen LogP contribution in [0.25, 0.3) is 0 Å². The first-order chi connectivity index (χ1) is 9.40. The van der Waals surface area contributed by atoms with E-state index in [1.165, 1.54) is 0 Å². The Morgan fingerprint density at radius 3 is 2.80 bits per heavy atom. The molecule has 0 aromatic carbocycles. The summed E-state index contributed by atoms with van der Waals surface area (Å²) in [6.45, 7) is 8.83. The van der Waals surface area contributed by atoms with E-state index in [2.05, 4.69) is 13.8 Å². The summed E-state index contributed by atoms with van der Waals surface area (Å²) in [5, 5.41) is 0. The van der Waals surface area contributed by atoms with Crippen molar-refractivity contribution < 1.29 is 14.3 Å². The summed E-state index contributed by atoms with van der Waals surface area (Å²) in [7, 11) is 0. The summed E-state index contributed by atoms with van der Waals surface area (Å²) in [5.41, 5.74) is 5.57. The highest BCUT2D eigenvalue weighted by Gasteiger charge is 2.71. The molecule has 1 saturated carbocycles. The number of carbonyl (C=O) groups excluding carboxylic acids is 1. The number of carbonyl (C=O) groups is 1. The lowest BCUT2D eigenvalue weighted by Gasteiger charge is -2.66. The van der Waals surface area contributed by atoms with E-state index in [9.17, 15) is 4.79 Å². The fourth-order valence-electron chi connectivity index (χ4n) is 4.28. The molecule has 4 atom stereocenters. The highest BCUT2D eigenvalue weighted by atomic mass is 16.5. The van der Waals surface area contributed by atoms with Crippen LogP contribution in [0.3, 0.4) is 0 Å². The Bertz CT molecular complexity index is 412. The first kappa shape index (κ1) is 14.3. The number of nitrogens with two attached hydrogens (primary N) is 1. The molecule has 2 aliphatic heterocycles. The molecule has 20 heavy (non-hydrogen) atoms. The molecule has 5 nitrogen and oxygen atoms in total. The molecule has 0 bridgehead atoms. The molecule has 3 aliphatic rings. The predicted octanol–water partition coefficient (Wildman–Crippen LogP) is 0.766. The average molecular weight is 282 g/mol. The van der Waals surface area contributed by atoms with E-state index < -0.39 is 5.54 Å². The van der Waals surface area contributed by atoms with Crippen LogP contribution in [0.4, 0.5) is 0 Å². The molecule has 2 heterocycles. The zero-order valence-corrected chi connectivity index (χ0v) is 12.7. The molecule has 3 rings (SSSR count). The van der Waals surface area contributed by atoms with E-state index in [0.717, 1.165) is 19.4 Å². The maximum atomic E-state index is 13.1. The Labute approximate surface area is 120 Å². The fraction of sp³-hybridized carbons (Fsp3) is 0.933. The topological polar surface area (TPSA) is 64.8 Å². The van der Waals surface area contributed by atoms with Crippen LogP contribution >= 0.6 is 0 Å². The van der Waals surface area contributed by atoms with Crippen LogP contribution in [0.5, 0.6) is 0 Å². The van der Waals surface area contributed by atoms with E-state index in [0.29, 0.717) is 19.8 Å². The minimum absolute atomic E-state index is 0.0880. The highest BCUT2D eigenvalue weighted by Crippen LogP contribution is 2.58. The van der Waals surface area contributed by atoms with Crippen LogP contribution in [-0.4, -0.2) is 54.9 Å². The predicted molar refractivity (Wildman–Crippen MR) is 75.2 cm³/mol. The smallest absolute Gasteiger partial charge is 0.244 e. The van der Waals surface area contributed by atoms with Crippen molar-refractivity contribution in [1.29, 1.82) is 0 Å². The van der Waals surface area contributed by atoms with Gasteiger partial charge in [0.25, 0.3) is 0 Å². The van der Waals surface area contributed by atoms with Crippen LogP contribution in [0.1, 0.15) is 33.6 Å². The van der Waals surface area contributed by atoms with Crippen LogP contribution < -0.4 is 5.73 Å². The van der Waals surface area contributed by atoms with Gasteiger partial charge in [0, 0.05) is 24.5 Å². The summed E-state index contributed by atoms with van der Waals surface area (Å²) in [5.74, 6) is 0.249. The first-order valence-corrected chi connectivity index (χ1v) is 7.70. The minimum Gasteiger partial charge on any atom is -0.377 e. The number of ether oxygens (including phenoxy) is 2. The van der Waals surface area contributed by atoms with E-state index in [1.807, 2.05) is 11.8 Å². The van der Waals surface area contributed by atoms with Crippen molar-refractivity contribution in [2.45, 2.75) is 51.3 Å². The summed E-state index contributed by atoms with van der Waals surface area (Å²) in [6.07, 6.45) is 2.12. The molecule has 3 unspecified atom stereocenters. The second-order valence-electron chi connectivity index (χ2n) is 7.05. The van der Waals surface area contributed by atoms with Gasteiger partial charge in [-0.3, -0.25) is 4.79 Å². The van der Waals surface area contributed by atoms with E-state index in [1.54, 1.807) is 0 Å². The molecule has 2 saturated heterocycles. The second kappa shape index (κ2) is 4.68. The zero-order chi connectivity index (χ0) is 14.5.